The predicted molar refractivity (Wildman–Crippen MR) is 70.5 cm³/mol. The van der Waals surface area contributed by atoms with E-state index in [1.807, 2.05) is 6.07 Å². The van der Waals surface area contributed by atoms with Crippen molar-refractivity contribution in [3.8, 4) is 5.75 Å². The van der Waals surface area contributed by atoms with Crippen molar-refractivity contribution in [3.05, 3.63) is 23.0 Å². The summed E-state index contributed by atoms with van der Waals surface area (Å²) in [6.07, 6.45) is -4.31. The van der Waals surface area contributed by atoms with E-state index in [4.69, 9.17) is 17.0 Å². The van der Waals surface area contributed by atoms with Crippen LogP contribution in [-0.2, 0) is 11.3 Å². The molecular weight excluding hydrogens is 293 g/mol. The summed E-state index contributed by atoms with van der Waals surface area (Å²) in [5, 5.41) is 0. The lowest BCUT2D eigenvalue weighted by Crippen LogP contribution is -2.19. The quantitative estimate of drug-likeness (QED) is 0.680. The van der Waals surface area contributed by atoms with Gasteiger partial charge in [-0.15, -0.1) is 0 Å². The van der Waals surface area contributed by atoms with Crippen LogP contribution in [0.1, 0.15) is 0 Å². The Labute approximate surface area is 118 Å². The Hall–Kier alpha value is -1.54. The highest BCUT2D eigenvalue weighted by molar-refractivity contribution is 7.71. The first kappa shape index (κ1) is 14.9. The summed E-state index contributed by atoms with van der Waals surface area (Å²) in [5.74, 6) is 0.628. The van der Waals surface area contributed by atoms with Gasteiger partial charge in [0.1, 0.15) is 17.9 Å². The highest BCUT2D eigenvalue weighted by Crippen LogP contribution is 2.24. The molecule has 4 nitrogen and oxygen atoms in total. The van der Waals surface area contributed by atoms with E-state index in [0.717, 1.165) is 11.0 Å². The minimum absolute atomic E-state index is 0.0714. The molecule has 0 aliphatic rings. The van der Waals surface area contributed by atoms with Crippen molar-refractivity contribution in [1.29, 1.82) is 0 Å². The van der Waals surface area contributed by atoms with E-state index in [2.05, 4.69) is 9.72 Å². The molecule has 20 heavy (non-hydrogen) atoms. The summed E-state index contributed by atoms with van der Waals surface area (Å²) in [6, 6.07) is 5.38. The van der Waals surface area contributed by atoms with Gasteiger partial charge in [-0.05, 0) is 24.4 Å². The van der Waals surface area contributed by atoms with Gasteiger partial charge in [-0.2, -0.15) is 13.2 Å². The number of para-hydroxylation sites is 1. The third-order valence-electron chi connectivity index (χ3n) is 2.72. The first-order chi connectivity index (χ1) is 9.42. The van der Waals surface area contributed by atoms with E-state index in [0.29, 0.717) is 10.5 Å². The fraction of sp³-hybridized carbons (Fsp3) is 0.417. The van der Waals surface area contributed by atoms with Crippen LogP contribution in [0, 0.1) is 4.77 Å². The Morgan fingerprint density at radius 2 is 2.10 bits per heavy atom. The van der Waals surface area contributed by atoms with Crippen molar-refractivity contribution in [2.75, 3.05) is 20.3 Å². The largest absolute Gasteiger partial charge is 0.494 e. The molecule has 0 spiro atoms. The fourth-order valence-electron chi connectivity index (χ4n) is 1.89. The van der Waals surface area contributed by atoms with Gasteiger partial charge >= 0.3 is 6.18 Å². The number of hydrogen-bond acceptors (Lipinski definition) is 3. The van der Waals surface area contributed by atoms with Gasteiger partial charge in [-0.1, -0.05) is 6.07 Å². The Balaban J connectivity index is 2.14. The van der Waals surface area contributed by atoms with Crippen molar-refractivity contribution >= 4 is 23.3 Å². The second-order valence-electron chi connectivity index (χ2n) is 4.10. The summed E-state index contributed by atoms with van der Waals surface area (Å²) < 4.78 is 47.8. The van der Waals surface area contributed by atoms with Gasteiger partial charge in [0.25, 0.3) is 0 Å². The second-order valence-corrected chi connectivity index (χ2v) is 4.49. The lowest BCUT2D eigenvalue weighted by Gasteiger charge is -2.09. The molecule has 0 unspecified atom stereocenters. The van der Waals surface area contributed by atoms with Crippen molar-refractivity contribution in [1.82, 2.24) is 9.55 Å². The SMILES string of the molecule is COc1cccc2c1[nH]c(=S)n2CCOCC(F)(F)F. The van der Waals surface area contributed by atoms with E-state index in [-0.39, 0.29) is 13.2 Å². The van der Waals surface area contributed by atoms with Crippen LogP contribution in [0.4, 0.5) is 13.2 Å². The Kier molecular flexibility index (Phi) is 4.34. The fourth-order valence-corrected chi connectivity index (χ4v) is 2.18. The normalized spacial score (nSPS) is 12.0. The van der Waals surface area contributed by atoms with Crippen LogP contribution in [0.5, 0.6) is 5.75 Å². The highest BCUT2D eigenvalue weighted by atomic mass is 32.1. The number of alkyl halides is 3. The monoisotopic (exact) mass is 306 g/mol. The first-order valence-electron chi connectivity index (χ1n) is 5.82. The number of H-pyrrole nitrogens is 1. The number of hydrogen-bond donors (Lipinski definition) is 1. The molecule has 1 N–H and O–H groups in total. The topological polar surface area (TPSA) is 39.2 Å². The molecule has 0 saturated heterocycles. The number of methoxy groups -OCH3 is 1. The van der Waals surface area contributed by atoms with Gasteiger partial charge in [-0.25, -0.2) is 0 Å². The van der Waals surface area contributed by atoms with Gasteiger partial charge in [0.15, 0.2) is 4.77 Å². The van der Waals surface area contributed by atoms with Gasteiger partial charge < -0.3 is 19.0 Å². The van der Waals surface area contributed by atoms with Crippen LogP contribution in [0.2, 0.25) is 0 Å². The van der Waals surface area contributed by atoms with E-state index < -0.39 is 12.8 Å². The molecular formula is C12H13F3N2O2S. The van der Waals surface area contributed by atoms with Gasteiger partial charge in [0, 0.05) is 6.54 Å². The van der Waals surface area contributed by atoms with Crippen molar-refractivity contribution < 1.29 is 22.6 Å². The zero-order valence-corrected chi connectivity index (χ0v) is 11.5. The molecule has 0 aliphatic heterocycles. The van der Waals surface area contributed by atoms with Crippen LogP contribution in [0.3, 0.4) is 0 Å². The molecule has 0 radical (unpaired) electrons. The minimum atomic E-state index is -4.31. The molecule has 110 valence electrons. The lowest BCUT2D eigenvalue weighted by atomic mass is 10.3. The zero-order chi connectivity index (χ0) is 14.8. The van der Waals surface area contributed by atoms with E-state index >= 15 is 0 Å². The van der Waals surface area contributed by atoms with Gasteiger partial charge in [0.05, 0.1) is 19.2 Å². The smallest absolute Gasteiger partial charge is 0.411 e. The number of imidazole rings is 1. The van der Waals surface area contributed by atoms with Gasteiger partial charge in [0.2, 0.25) is 0 Å². The Morgan fingerprint density at radius 3 is 2.75 bits per heavy atom. The minimum Gasteiger partial charge on any atom is -0.494 e. The van der Waals surface area contributed by atoms with Crippen LogP contribution >= 0.6 is 12.2 Å². The maximum absolute atomic E-state index is 12.0. The number of benzene rings is 1. The number of nitrogens with one attached hydrogen (secondary N) is 1. The van der Waals surface area contributed by atoms with Crippen molar-refractivity contribution in [3.63, 3.8) is 0 Å². The highest BCUT2D eigenvalue weighted by Gasteiger charge is 2.27. The molecule has 2 aromatic rings. The molecule has 0 amide bonds. The number of halogens is 3. The molecule has 2 rings (SSSR count). The second kappa shape index (κ2) is 5.84. The summed E-state index contributed by atoms with van der Waals surface area (Å²) in [4.78, 5) is 2.98. The number of aromatic nitrogens is 2. The van der Waals surface area contributed by atoms with E-state index in [9.17, 15) is 13.2 Å². The van der Waals surface area contributed by atoms with Crippen LogP contribution < -0.4 is 4.74 Å². The average Bonchev–Trinajstić information content (AvgIpc) is 2.69. The Morgan fingerprint density at radius 1 is 1.35 bits per heavy atom. The predicted octanol–water partition coefficient (Wildman–Crippen LogP) is 3.29. The maximum atomic E-state index is 12.0. The number of fused-ring (bicyclic) bond motifs is 1. The van der Waals surface area contributed by atoms with Crippen molar-refractivity contribution in [2.24, 2.45) is 0 Å². The summed E-state index contributed by atoms with van der Waals surface area (Å²) in [7, 11) is 1.54. The number of nitrogens with zero attached hydrogens (tertiary/aromatic N) is 1. The van der Waals surface area contributed by atoms with Gasteiger partial charge in [-0.3, -0.25) is 0 Å². The van der Waals surface area contributed by atoms with Crippen LogP contribution in [0.25, 0.3) is 11.0 Å². The summed E-state index contributed by atoms with van der Waals surface area (Å²) in [5.41, 5.74) is 1.49. The van der Waals surface area contributed by atoms with E-state index in [1.165, 1.54) is 7.11 Å². The van der Waals surface area contributed by atoms with E-state index in [1.54, 1.807) is 16.7 Å². The maximum Gasteiger partial charge on any atom is 0.411 e. The number of ether oxygens (including phenoxy) is 2. The molecule has 0 saturated carbocycles. The Bertz CT molecular complexity index is 648. The summed E-state index contributed by atoms with van der Waals surface area (Å²) >= 11 is 5.16. The molecule has 1 heterocycles. The zero-order valence-electron chi connectivity index (χ0n) is 10.7. The third kappa shape index (κ3) is 3.31. The average molecular weight is 306 g/mol. The molecule has 0 fully saturated rings. The molecule has 1 aromatic heterocycles. The number of aromatic amines is 1. The molecule has 1 aromatic carbocycles. The molecule has 0 bridgehead atoms. The lowest BCUT2D eigenvalue weighted by molar-refractivity contribution is -0.174. The molecule has 0 aliphatic carbocycles. The summed E-state index contributed by atoms with van der Waals surface area (Å²) in [6.45, 7) is -1.09. The third-order valence-corrected chi connectivity index (χ3v) is 3.04. The molecule has 0 atom stereocenters. The first-order valence-corrected chi connectivity index (χ1v) is 6.23. The molecule has 8 heteroatoms. The van der Waals surface area contributed by atoms with Crippen LogP contribution in [0.15, 0.2) is 18.2 Å². The van der Waals surface area contributed by atoms with Crippen LogP contribution in [-0.4, -0.2) is 36.1 Å². The standard InChI is InChI=1S/C12H13F3N2O2S/c1-18-9-4-2-3-8-10(9)16-11(20)17(8)5-6-19-7-12(13,14)15/h2-4H,5-7H2,1H3,(H,16,20). The number of rotatable bonds is 5. The van der Waals surface area contributed by atoms with Crippen molar-refractivity contribution in [2.45, 2.75) is 12.7 Å².